The molecule has 1 aromatic heterocycles. The van der Waals surface area contributed by atoms with Crippen LogP contribution in [-0.2, 0) is 11.2 Å². The van der Waals surface area contributed by atoms with Crippen molar-refractivity contribution in [3.8, 4) is 17.1 Å². The molecule has 0 aliphatic rings. The predicted molar refractivity (Wildman–Crippen MR) is 125 cm³/mol. The van der Waals surface area contributed by atoms with Crippen molar-refractivity contribution in [3.63, 3.8) is 0 Å². The summed E-state index contributed by atoms with van der Waals surface area (Å²) >= 11 is 0. The zero-order valence-corrected chi connectivity index (χ0v) is 18.7. The lowest BCUT2D eigenvalue weighted by Gasteiger charge is -2.07. The highest BCUT2D eigenvalue weighted by Gasteiger charge is 2.03. The maximum atomic E-state index is 5.75. The van der Waals surface area contributed by atoms with E-state index in [2.05, 4.69) is 47.7 Å². The highest BCUT2D eigenvalue weighted by atomic mass is 16.5. The molecule has 0 bridgehead atoms. The molecule has 0 saturated heterocycles. The summed E-state index contributed by atoms with van der Waals surface area (Å²) in [5.41, 5.74) is 2.40. The van der Waals surface area contributed by atoms with E-state index in [-0.39, 0.29) is 0 Å². The lowest BCUT2D eigenvalue weighted by molar-refractivity contribution is 0.130. The van der Waals surface area contributed by atoms with Gasteiger partial charge >= 0.3 is 0 Å². The van der Waals surface area contributed by atoms with Crippen LogP contribution in [0.15, 0.2) is 49.3 Å². The van der Waals surface area contributed by atoms with E-state index in [4.69, 9.17) is 9.47 Å². The van der Waals surface area contributed by atoms with E-state index in [1.54, 1.807) is 12.4 Å². The van der Waals surface area contributed by atoms with Crippen molar-refractivity contribution < 1.29 is 9.47 Å². The van der Waals surface area contributed by atoms with Crippen LogP contribution < -0.4 is 4.74 Å². The molecule has 0 radical (unpaired) electrons. The molecule has 1 heterocycles. The lowest BCUT2D eigenvalue weighted by atomic mass is 10.0. The second-order valence-electron chi connectivity index (χ2n) is 7.70. The Hall–Kier alpha value is -2.20. The van der Waals surface area contributed by atoms with Crippen molar-refractivity contribution in [1.29, 1.82) is 0 Å². The van der Waals surface area contributed by atoms with E-state index in [0.717, 1.165) is 69.1 Å². The molecule has 0 unspecified atom stereocenters. The Balaban J connectivity index is 1.66. The topological polar surface area (TPSA) is 44.2 Å². The molecule has 2 rings (SSSR count). The molecule has 4 nitrogen and oxygen atoms in total. The molecule has 0 spiro atoms. The number of unbranched alkanes of at least 4 members (excludes halogenated alkanes) is 6. The Bertz CT molecular complexity index is 683. The molecule has 164 valence electrons. The third-order valence-electron chi connectivity index (χ3n) is 5.01. The number of benzene rings is 1. The third-order valence-corrected chi connectivity index (χ3v) is 5.01. The molecule has 1 aromatic carbocycles. The summed E-state index contributed by atoms with van der Waals surface area (Å²) in [6.07, 6.45) is 17.1. The quantitative estimate of drug-likeness (QED) is 0.212. The minimum atomic E-state index is 0.718. The summed E-state index contributed by atoms with van der Waals surface area (Å²) in [6.45, 7) is 8.38. The minimum Gasteiger partial charge on any atom is -0.490 e. The first-order chi connectivity index (χ1) is 14.8. The van der Waals surface area contributed by atoms with Gasteiger partial charge in [-0.05, 0) is 50.5 Å². The zero-order valence-electron chi connectivity index (χ0n) is 18.7. The zero-order chi connectivity index (χ0) is 21.3. The van der Waals surface area contributed by atoms with Crippen molar-refractivity contribution in [2.45, 2.75) is 71.1 Å². The van der Waals surface area contributed by atoms with Gasteiger partial charge in [-0.2, -0.15) is 0 Å². The summed E-state index contributed by atoms with van der Waals surface area (Å²) in [4.78, 5) is 8.94. The molecule has 30 heavy (non-hydrogen) atoms. The first-order valence-electron chi connectivity index (χ1n) is 11.6. The summed E-state index contributed by atoms with van der Waals surface area (Å²) < 4.78 is 11.3. The van der Waals surface area contributed by atoms with Crippen LogP contribution in [0.5, 0.6) is 5.75 Å². The number of aryl methyl sites for hydroxylation is 1. The van der Waals surface area contributed by atoms with Gasteiger partial charge in [-0.1, -0.05) is 56.5 Å². The first-order valence-corrected chi connectivity index (χ1v) is 11.6. The number of nitrogens with zero attached hydrogens (tertiary/aromatic N) is 2. The second-order valence-corrected chi connectivity index (χ2v) is 7.70. The van der Waals surface area contributed by atoms with Crippen molar-refractivity contribution >= 4 is 0 Å². The molecule has 0 amide bonds. The van der Waals surface area contributed by atoms with Gasteiger partial charge in [0.15, 0.2) is 11.6 Å². The van der Waals surface area contributed by atoms with Crippen LogP contribution >= 0.6 is 0 Å². The smallest absolute Gasteiger partial charge is 0.159 e. The second kappa shape index (κ2) is 15.6. The van der Waals surface area contributed by atoms with Crippen LogP contribution in [0.4, 0.5) is 0 Å². The molecule has 0 fully saturated rings. The van der Waals surface area contributed by atoms with Gasteiger partial charge in [0, 0.05) is 18.8 Å². The Kier molecular flexibility index (Phi) is 12.5. The van der Waals surface area contributed by atoms with Gasteiger partial charge in [0.2, 0.25) is 0 Å². The van der Waals surface area contributed by atoms with Crippen molar-refractivity contribution in [2.24, 2.45) is 0 Å². The minimum absolute atomic E-state index is 0.718. The molecule has 0 saturated carbocycles. The van der Waals surface area contributed by atoms with Gasteiger partial charge in [0.25, 0.3) is 0 Å². The van der Waals surface area contributed by atoms with E-state index in [1.807, 2.05) is 6.08 Å². The van der Waals surface area contributed by atoms with Crippen LogP contribution in [0, 0.1) is 0 Å². The van der Waals surface area contributed by atoms with Crippen molar-refractivity contribution in [2.75, 3.05) is 19.8 Å². The average Bonchev–Trinajstić information content (AvgIpc) is 2.79. The summed E-state index contributed by atoms with van der Waals surface area (Å²) in [6, 6.07) is 8.59. The van der Waals surface area contributed by atoms with Crippen LogP contribution in [0.2, 0.25) is 0 Å². The van der Waals surface area contributed by atoms with Gasteiger partial charge in [-0.3, -0.25) is 0 Å². The van der Waals surface area contributed by atoms with Crippen LogP contribution in [0.3, 0.4) is 0 Å². The largest absolute Gasteiger partial charge is 0.490 e. The highest BCUT2D eigenvalue weighted by Crippen LogP contribution is 2.18. The highest BCUT2D eigenvalue weighted by molar-refractivity contribution is 5.55. The summed E-state index contributed by atoms with van der Waals surface area (Å²) in [5, 5.41) is 0. The van der Waals surface area contributed by atoms with Gasteiger partial charge in [0.1, 0.15) is 0 Å². The molecule has 4 heteroatoms. The molecule has 2 aromatic rings. The van der Waals surface area contributed by atoms with Gasteiger partial charge in [-0.25, -0.2) is 9.97 Å². The Morgan fingerprint density at radius 2 is 1.53 bits per heavy atom. The molecule has 0 aliphatic carbocycles. The van der Waals surface area contributed by atoms with E-state index in [1.165, 1.54) is 37.7 Å². The van der Waals surface area contributed by atoms with E-state index < -0.39 is 0 Å². The molecule has 0 atom stereocenters. The number of aromatic nitrogens is 2. The Morgan fingerprint density at radius 1 is 0.833 bits per heavy atom. The van der Waals surface area contributed by atoms with Gasteiger partial charge < -0.3 is 9.47 Å². The van der Waals surface area contributed by atoms with Crippen LogP contribution in [0.1, 0.15) is 70.3 Å². The summed E-state index contributed by atoms with van der Waals surface area (Å²) in [7, 11) is 0. The monoisotopic (exact) mass is 410 g/mol. The van der Waals surface area contributed by atoms with Gasteiger partial charge in [0.05, 0.1) is 19.0 Å². The lowest BCUT2D eigenvalue weighted by Crippen LogP contribution is -1.99. The number of ether oxygens (including phenoxy) is 2. The summed E-state index contributed by atoms with van der Waals surface area (Å²) in [5.74, 6) is 1.48. The van der Waals surface area contributed by atoms with Gasteiger partial charge in [-0.15, -0.1) is 6.58 Å². The SMILES string of the molecule is C=CCCCCCCOc1cnc(-c2ccc(CCCCCOCCC)cc2)nc1. The number of hydrogen-bond acceptors (Lipinski definition) is 4. The number of rotatable bonds is 17. The molecular formula is C26H38N2O2. The van der Waals surface area contributed by atoms with Crippen molar-refractivity contribution in [1.82, 2.24) is 9.97 Å². The fraction of sp³-hybridized carbons (Fsp3) is 0.538. The predicted octanol–water partition coefficient (Wildman–Crippen LogP) is 6.80. The number of allylic oxidation sites excluding steroid dienone is 1. The fourth-order valence-electron chi connectivity index (χ4n) is 3.25. The first kappa shape index (κ1) is 24.1. The Morgan fingerprint density at radius 3 is 2.27 bits per heavy atom. The molecular weight excluding hydrogens is 372 g/mol. The third kappa shape index (κ3) is 10.0. The van der Waals surface area contributed by atoms with Crippen molar-refractivity contribution in [3.05, 3.63) is 54.9 Å². The van der Waals surface area contributed by atoms with Crippen LogP contribution in [-0.4, -0.2) is 29.8 Å². The Labute approximate surface area is 182 Å². The average molecular weight is 411 g/mol. The molecule has 0 aliphatic heterocycles. The standard InChI is InChI=1S/C26H38N2O2/c1-3-5-6-7-8-12-20-30-25-21-27-26(28-22-25)24-16-14-23(15-17-24)13-10-9-11-19-29-18-4-2/h3,14-17,21-22H,1,4-13,18-20H2,2H3. The number of hydrogen-bond donors (Lipinski definition) is 0. The fourth-order valence-corrected chi connectivity index (χ4v) is 3.25. The van der Waals surface area contributed by atoms with E-state index in [0.29, 0.717) is 0 Å². The van der Waals surface area contributed by atoms with E-state index in [9.17, 15) is 0 Å². The van der Waals surface area contributed by atoms with Crippen LogP contribution in [0.25, 0.3) is 11.4 Å². The maximum Gasteiger partial charge on any atom is 0.159 e. The normalized spacial score (nSPS) is 10.8. The van der Waals surface area contributed by atoms with E-state index >= 15 is 0 Å². The molecule has 0 N–H and O–H groups in total. The maximum absolute atomic E-state index is 5.75.